The third kappa shape index (κ3) is 4.95. The van der Waals surface area contributed by atoms with Crippen molar-refractivity contribution in [3.63, 3.8) is 0 Å². The highest BCUT2D eigenvalue weighted by Crippen LogP contribution is 2.11. The van der Waals surface area contributed by atoms with Crippen LogP contribution in [0.15, 0.2) is 42.5 Å². The molecule has 0 heterocycles. The number of carbonyl (C=O) groups excluding carboxylic acids is 2. The third-order valence-corrected chi connectivity index (χ3v) is 2.36. The second-order valence-electron chi connectivity index (χ2n) is 4.18. The molecule has 0 aliphatic carbocycles. The smallest absolute Gasteiger partial charge is 0.341 e. The topological polar surface area (TPSA) is 52.6 Å². The average molecular weight is 262 g/mol. The Morgan fingerprint density at radius 3 is 2.37 bits per heavy atom. The van der Waals surface area contributed by atoms with Gasteiger partial charge in [0.1, 0.15) is 0 Å². The molecule has 0 fully saturated rings. The van der Waals surface area contributed by atoms with E-state index in [9.17, 15) is 9.59 Å². The molecule has 19 heavy (non-hydrogen) atoms. The molecule has 0 amide bonds. The van der Waals surface area contributed by atoms with Gasteiger partial charge in [0, 0.05) is 12.0 Å². The minimum absolute atomic E-state index is 0.275. The summed E-state index contributed by atoms with van der Waals surface area (Å²) in [5.74, 6) is -1.06. The molecular weight excluding hydrogens is 244 g/mol. The number of benzene rings is 1. The summed E-state index contributed by atoms with van der Waals surface area (Å²) in [6.07, 6.45) is 0.315. The van der Waals surface area contributed by atoms with Crippen molar-refractivity contribution in [2.45, 2.75) is 33.0 Å². The minimum atomic E-state index is -0.873. The highest BCUT2D eigenvalue weighted by Gasteiger charge is 2.19. The number of carbonyl (C=O) groups is 2. The summed E-state index contributed by atoms with van der Waals surface area (Å²) in [5, 5.41) is 0. The second-order valence-corrected chi connectivity index (χ2v) is 4.18. The molecule has 0 bridgehead atoms. The van der Waals surface area contributed by atoms with Crippen molar-refractivity contribution in [1.82, 2.24) is 0 Å². The second kappa shape index (κ2) is 7.36. The van der Waals surface area contributed by atoms with E-state index in [0.717, 1.165) is 6.42 Å². The standard InChI is InChI=1S/C15H18O4/c1-4-8-13(18-14(16)11(2)3)19-15(17)12-9-6-5-7-10-12/h5-7,9-10,13H,2,4,8H2,1,3H3. The quantitative estimate of drug-likeness (QED) is 0.449. The average Bonchev–Trinajstić information content (AvgIpc) is 2.39. The third-order valence-electron chi connectivity index (χ3n) is 2.36. The molecule has 0 aliphatic heterocycles. The number of esters is 2. The first-order chi connectivity index (χ1) is 9.04. The van der Waals surface area contributed by atoms with Crippen molar-refractivity contribution < 1.29 is 19.1 Å². The van der Waals surface area contributed by atoms with Crippen LogP contribution in [0.2, 0.25) is 0 Å². The van der Waals surface area contributed by atoms with Crippen LogP contribution in [0.4, 0.5) is 0 Å². The Morgan fingerprint density at radius 1 is 1.21 bits per heavy atom. The Bertz CT molecular complexity index is 450. The van der Waals surface area contributed by atoms with Gasteiger partial charge in [-0.3, -0.25) is 0 Å². The molecule has 0 saturated heterocycles. The lowest BCUT2D eigenvalue weighted by Crippen LogP contribution is -2.25. The molecule has 0 spiro atoms. The maximum atomic E-state index is 11.8. The summed E-state index contributed by atoms with van der Waals surface area (Å²) in [5.41, 5.74) is 0.701. The van der Waals surface area contributed by atoms with E-state index in [0.29, 0.717) is 12.0 Å². The molecule has 0 N–H and O–H groups in total. The number of hydrogen-bond donors (Lipinski definition) is 0. The fourth-order valence-electron chi connectivity index (χ4n) is 1.36. The minimum Gasteiger partial charge on any atom is -0.422 e. The van der Waals surface area contributed by atoms with Crippen LogP contribution in [0.3, 0.4) is 0 Å². The van der Waals surface area contributed by atoms with Crippen LogP contribution in [0.25, 0.3) is 0 Å². The van der Waals surface area contributed by atoms with Gasteiger partial charge in [-0.2, -0.15) is 0 Å². The normalized spacial score (nSPS) is 11.5. The van der Waals surface area contributed by atoms with E-state index in [2.05, 4.69) is 6.58 Å². The molecule has 0 aliphatic rings. The molecule has 0 saturated carbocycles. The van der Waals surface area contributed by atoms with Gasteiger partial charge in [-0.05, 0) is 25.5 Å². The first-order valence-corrected chi connectivity index (χ1v) is 6.17. The van der Waals surface area contributed by atoms with Gasteiger partial charge in [0.15, 0.2) is 0 Å². The van der Waals surface area contributed by atoms with Gasteiger partial charge >= 0.3 is 11.9 Å². The van der Waals surface area contributed by atoms with Crippen LogP contribution in [-0.2, 0) is 14.3 Å². The molecule has 1 unspecified atom stereocenters. The first-order valence-electron chi connectivity index (χ1n) is 6.17. The Balaban J connectivity index is 2.65. The molecule has 102 valence electrons. The molecule has 4 heteroatoms. The zero-order chi connectivity index (χ0) is 14.3. The maximum absolute atomic E-state index is 11.8. The van der Waals surface area contributed by atoms with Gasteiger partial charge in [-0.15, -0.1) is 0 Å². The highest BCUT2D eigenvalue weighted by atomic mass is 16.7. The van der Waals surface area contributed by atoms with Crippen LogP contribution < -0.4 is 0 Å². The molecule has 4 nitrogen and oxygen atoms in total. The van der Waals surface area contributed by atoms with Crippen molar-refractivity contribution in [3.8, 4) is 0 Å². The number of ether oxygens (including phenoxy) is 2. The molecule has 1 atom stereocenters. The zero-order valence-corrected chi connectivity index (χ0v) is 11.2. The lowest BCUT2D eigenvalue weighted by atomic mass is 10.2. The van der Waals surface area contributed by atoms with Gasteiger partial charge in [0.05, 0.1) is 5.56 Å². The summed E-state index contributed by atoms with van der Waals surface area (Å²) < 4.78 is 10.2. The predicted molar refractivity (Wildman–Crippen MR) is 71.5 cm³/mol. The number of rotatable bonds is 6. The summed E-state index contributed by atoms with van der Waals surface area (Å²) in [6, 6.07) is 8.58. The Morgan fingerprint density at radius 2 is 1.84 bits per heavy atom. The van der Waals surface area contributed by atoms with Crippen molar-refractivity contribution >= 4 is 11.9 Å². The fourth-order valence-corrected chi connectivity index (χ4v) is 1.36. The van der Waals surface area contributed by atoms with Gasteiger partial charge in [-0.1, -0.05) is 31.7 Å². The van der Waals surface area contributed by atoms with E-state index in [-0.39, 0.29) is 5.57 Å². The van der Waals surface area contributed by atoms with E-state index in [1.54, 1.807) is 37.3 Å². The largest absolute Gasteiger partial charge is 0.422 e. The zero-order valence-electron chi connectivity index (χ0n) is 11.2. The molecule has 1 rings (SSSR count). The van der Waals surface area contributed by atoms with E-state index in [1.807, 2.05) is 6.92 Å². The molecule has 0 radical (unpaired) electrons. The monoisotopic (exact) mass is 262 g/mol. The number of hydrogen-bond acceptors (Lipinski definition) is 4. The predicted octanol–water partition coefficient (Wildman–Crippen LogP) is 3.09. The van der Waals surface area contributed by atoms with Crippen LogP contribution in [-0.4, -0.2) is 18.2 Å². The van der Waals surface area contributed by atoms with Crippen molar-refractivity contribution in [1.29, 1.82) is 0 Å². The SMILES string of the molecule is C=C(C)C(=O)OC(CCC)OC(=O)c1ccccc1. The van der Waals surface area contributed by atoms with Crippen molar-refractivity contribution in [2.24, 2.45) is 0 Å². The summed E-state index contributed by atoms with van der Waals surface area (Å²) >= 11 is 0. The maximum Gasteiger partial charge on any atom is 0.341 e. The molecule has 1 aromatic carbocycles. The van der Waals surface area contributed by atoms with E-state index in [1.165, 1.54) is 0 Å². The van der Waals surface area contributed by atoms with Gasteiger partial charge in [-0.25, -0.2) is 9.59 Å². The molecule has 1 aromatic rings. The van der Waals surface area contributed by atoms with E-state index >= 15 is 0 Å². The lowest BCUT2D eigenvalue weighted by Gasteiger charge is -2.17. The van der Waals surface area contributed by atoms with Gasteiger partial charge < -0.3 is 9.47 Å². The summed E-state index contributed by atoms with van der Waals surface area (Å²) in [7, 11) is 0. The Kier molecular flexibility index (Phi) is 5.79. The van der Waals surface area contributed by atoms with Crippen LogP contribution in [0.1, 0.15) is 37.0 Å². The van der Waals surface area contributed by atoms with Crippen LogP contribution in [0, 0.1) is 0 Å². The fraction of sp³-hybridized carbons (Fsp3) is 0.333. The molecule has 0 aromatic heterocycles. The Hall–Kier alpha value is -2.10. The lowest BCUT2D eigenvalue weighted by molar-refractivity contribution is -0.164. The van der Waals surface area contributed by atoms with Crippen molar-refractivity contribution in [2.75, 3.05) is 0 Å². The van der Waals surface area contributed by atoms with E-state index in [4.69, 9.17) is 9.47 Å². The van der Waals surface area contributed by atoms with Gasteiger partial charge in [0.25, 0.3) is 0 Å². The van der Waals surface area contributed by atoms with Crippen molar-refractivity contribution in [3.05, 3.63) is 48.0 Å². The molecular formula is C15H18O4. The van der Waals surface area contributed by atoms with Gasteiger partial charge in [0.2, 0.25) is 6.29 Å². The summed E-state index contributed by atoms with van der Waals surface area (Å²) in [6.45, 7) is 6.95. The highest BCUT2D eigenvalue weighted by molar-refractivity contribution is 5.90. The van der Waals surface area contributed by atoms with Crippen LogP contribution >= 0.6 is 0 Å². The van der Waals surface area contributed by atoms with Crippen LogP contribution in [0.5, 0.6) is 0 Å². The summed E-state index contributed by atoms with van der Waals surface area (Å²) in [4.78, 5) is 23.3. The van der Waals surface area contributed by atoms with E-state index < -0.39 is 18.2 Å². The Labute approximate surface area is 113 Å². The first kappa shape index (κ1) is 15.0.